The molecule has 1 aromatic heterocycles. The molecule has 2 heteroatoms. The van der Waals surface area contributed by atoms with Crippen LogP contribution in [0.2, 0.25) is 0 Å². The van der Waals surface area contributed by atoms with Gasteiger partial charge in [-0.25, -0.2) is 4.98 Å². The Kier molecular flexibility index (Phi) is 2.26. The van der Waals surface area contributed by atoms with Crippen LogP contribution in [0.5, 0.6) is 5.88 Å². The molecule has 0 atom stereocenters. The van der Waals surface area contributed by atoms with Crippen molar-refractivity contribution in [2.24, 2.45) is 0 Å². The van der Waals surface area contributed by atoms with Crippen LogP contribution < -0.4 is 4.74 Å². The van der Waals surface area contributed by atoms with Crippen molar-refractivity contribution in [3.8, 4) is 5.88 Å². The van der Waals surface area contributed by atoms with Gasteiger partial charge in [0.05, 0.1) is 12.8 Å². The molecule has 0 saturated carbocycles. The molecule has 1 heterocycles. The maximum absolute atomic E-state index is 4.95. The highest BCUT2D eigenvalue weighted by Crippen LogP contribution is 2.12. The van der Waals surface area contributed by atoms with Crippen molar-refractivity contribution in [3.63, 3.8) is 0 Å². The lowest BCUT2D eigenvalue weighted by Crippen LogP contribution is -1.91. The van der Waals surface area contributed by atoms with Crippen LogP contribution in [0, 0.1) is 6.92 Å². The molecule has 0 fully saturated rings. The third kappa shape index (κ3) is 1.58. The minimum atomic E-state index is 0.630. The molecule has 0 aliphatic rings. The van der Waals surface area contributed by atoms with E-state index < -0.39 is 0 Å². The Bertz CT molecular complexity index is 268. The van der Waals surface area contributed by atoms with E-state index in [2.05, 4.69) is 11.6 Å². The van der Waals surface area contributed by atoms with Crippen molar-refractivity contribution >= 4 is 6.08 Å². The Hall–Kier alpha value is -1.31. The van der Waals surface area contributed by atoms with Gasteiger partial charge in [0.2, 0.25) is 5.88 Å². The summed E-state index contributed by atoms with van der Waals surface area (Å²) in [4.78, 5) is 4.17. The molecule has 0 amide bonds. The van der Waals surface area contributed by atoms with E-state index in [0.717, 1.165) is 11.3 Å². The lowest BCUT2D eigenvalue weighted by Gasteiger charge is -2.01. The number of ether oxygens (including phenoxy) is 1. The van der Waals surface area contributed by atoms with Crippen molar-refractivity contribution in [1.82, 2.24) is 4.98 Å². The zero-order valence-corrected chi connectivity index (χ0v) is 6.79. The summed E-state index contributed by atoms with van der Waals surface area (Å²) in [5.41, 5.74) is 1.99. The van der Waals surface area contributed by atoms with Crippen LogP contribution in [0.3, 0.4) is 0 Å². The Morgan fingerprint density at radius 1 is 1.55 bits per heavy atom. The average Bonchev–Trinajstić information content (AvgIpc) is 2.05. The highest BCUT2D eigenvalue weighted by atomic mass is 16.5. The largest absolute Gasteiger partial charge is 0.481 e. The summed E-state index contributed by atoms with van der Waals surface area (Å²) < 4.78 is 4.95. The summed E-state index contributed by atoms with van der Waals surface area (Å²) in [5.74, 6) is 0.630. The standard InChI is InChI=1S/C9H11NO/c1-4-8-7(2)5-6-9(10-8)11-3/h4-6H,1H2,2-3H3. The van der Waals surface area contributed by atoms with Crippen molar-refractivity contribution in [1.29, 1.82) is 0 Å². The summed E-state index contributed by atoms with van der Waals surface area (Å²) in [6.07, 6.45) is 1.72. The highest BCUT2D eigenvalue weighted by molar-refractivity contribution is 5.47. The van der Waals surface area contributed by atoms with Crippen molar-refractivity contribution in [2.75, 3.05) is 7.11 Å². The molecule has 0 unspecified atom stereocenters. The van der Waals surface area contributed by atoms with Crippen molar-refractivity contribution in [2.45, 2.75) is 6.92 Å². The summed E-state index contributed by atoms with van der Waals surface area (Å²) in [6, 6.07) is 3.80. The summed E-state index contributed by atoms with van der Waals surface area (Å²) >= 11 is 0. The molecule has 2 nitrogen and oxygen atoms in total. The van der Waals surface area contributed by atoms with Crippen molar-refractivity contribution in [3.05, 3.63) is 30.0 Å². The Labute approximate surface area is 66.5 Å². The number of hydrogen-bond donors (Lipinski definition) is 0. The summed E-state index contributed by atoms with van der Waals surface area (Å²) in [5, 5.41) is 0. The van der Waals surface area contributed by atoms with Crippen LogP contribution in [0.4, 0.5) is 0 Å². The second-order valence-corrected chi connectivity index (χ2v) is 2.26. The van der Waals surface area contributed by atoms with Gasteiger partial charge in [0.15, 0.2) is 0 Å². The van der Waals surface area contributed by atoms with Gasteiger partial charge in [-0.2, -0.15) is 0 Å². The quantitative estimate of drug-likeness (QED) is 0.642. The van der Waals surface area contributed by atoms with E-state index in [4.69, 9.17) is 4.74 Å². The average molecular weight is 149 g/mol. The second-order valence-electron chi connectivity index (χ2n) is 2.26. The summed E-state index contributed by atoms with van der Waals surface area (Å²) in [6.45, 7) is 5.64. The van der Waals surface area contributed by atoms with E-state index in [-0.39, 0.29) is 0 Å². The molecule has 58 valence electrons. The van der Waals surface area contributed by atoms with Gasteiger partial charge in [0, 0.05) is 6.07 Å². The third-order valence-electron chi connectivity index (χ3n) is 1.51. The maximum atomic E-state index is 4.95. The predicted octanol–water partition coefficient (Wildman–Crippen LogP) is 2.04. The molecule has 1 aromatic rings. The first kappa shape index (κ1) is 7.79. The minimum absolute atomic E-state index is 0.630. The first-order valence-electron chi connectivity index (χ1n) is 3.42. The number of pyridine rings is 1. The maximum Gasteiger partial charge on any atom is 0.213 e. The first-order valence-corrected chi connectivity index (χ1v) is 3.42. The fourth-order valence-corrected chi connectivity index (χ4v) is 0.846. The number of rotatable bonds is 2. The normalized spacial score (nSPS) is 9.27. The van der Waals surface area contributed by atoms with Gasteiger partial charge < -0.3 is 4.74 Å². The van der Waals surface area contributed by atoms with Crippen LogP contribution in [-0.2, 0) is 0 Å². The third-order valence-corrected chi connectivity index (χ3v) is 1.51. The van der Waals surface area contributed by atoms with E-state index in [1.165, 1.54) is 0 Å². The molecule has 0 N–H and O–H groups in total. The number of aromatic nitrogens is 1. The van der Waals surface area contributed by atoms with Gasteiger partial charge in [-0.15, -0.1) is 0 Å². The molecule has 1 rings (SSSR count). The molecule has 0 spiro atoms. The predicted molar refractivity (Wildman–Crippen MR) is 45.6 cm³/mol. The molecule has 0 aliphatic carbocycles. The molecular formula is C9H11NO. The number of methoxy groups -OCH3 is 1. The Morgan fingerprint density at radius 2 is 2.27 bits per heavy atom. The van der Waals surface area contributed by atoms with Gasteiger partial charge >= 0.3 is 0 Å². The highest BCUT2D eigenvalue weighted by Gasteiger charge is 1.96. The Balaban J connectivity index is 3.12. The van der Waals surface area contributed by atoms with Gasteiger partial charge in [-0.05, 0) is 18.6 Å². The van der Waals surface area contributed by atoms with Crippen LogP contribution in [0.25, 0.3) is 6.08 Å². The van der Waals surface area contributed by atoms with Crippen molar-refractivity contribution < 1.29 is 4.74 Å². The topological polar surface area (TPSA) is 22.1 Å². The number of nitrogens with zero attached hydrogens (tertiary/aromatic N) is 1. The lowest BCUT2D eigenvalue weighted by atomic mass is 10.2. The summed E-state index contributed by atoms with van der Waals surface area (Å²) in [7, 11) is 1.60. The van der Waals surface area contributed by atoms with Crippen LogP contribution >= 0.6 is 0 Å². The fourth-order valence-electron chi connectivity index (χ4n) is 0.846. The monoisotopic (exact) mass is 149 g/mol. The zero-order chi connectivity index (χ0) is 8.27. The molecule has 0 bridgehead atoms. The van der Waals surface area contributed by atoms with Crippen LogP contribution in [-0.4, -0.2) is 12.1 Å². The zero-order valence-electron chi connectivity index (χ0n) is 6.79. The van der Waals surface area contributed by atoms with E-state index in [1.807, 2.05) is 19.1 Å². The fraction of sp³-hybridized carbons (Fsp3) is 0.222. The van der Waals surface area contributed by atoms with Gasteiger partial charge in [0.25, 0.3) is 0 Å². The van der Waals surface area contributed by atoms with Crippen LogP contribution in [0.15, 0.2) is 18.7 Å². The second kappa shape index (κ2) is 3.19. The number of hydrogen-bond acceptors (Lipinski definition) is 2. The molecule has 0 aromatic carbocycles. The first-order chi connectivity index (χ1) is 5.27. The molecule has 0 saturated heterocycles. The van der Waals surface area contributed by atoms with Gasteiger partial charge in [0.1, 0.15) is 0 Å². The number of aryl methyl sites for hydroxylation is 1. The molecule has 11 heavy (non-hydrogen) atoms. The van der Waals surface area contributed by atoms with Gasteiger partial charge in [-0.3, -0.25) is 0 Å². The smallest absolute Gasteiger partial charge is 0.213 e. The van der Waals surface area contributed by atoms with Crippen LogP contribution in [0.1, 0.15) is 11.3 Å². The van der Waals surface area contributed by atoms with E-state index in [9.17, 15) is 0 Å². The van der Waals surface area contributed by atoms with E-state index >= 15 is 0 Å². The Morgan fingerprint density at radius 3 is 2.82 bits per heavy atom. The molecule has 0 aliphatic heterocycles. The minimum Gasteiger partial charge on any atom is -0.481 e. The van der Waals surface area contributed by atoms with Gasteiger partial charge in [-0.1, -0.05) is 12.6 Å². The van der Waals surface area contributed by atoms with E-state index in [0.29, 0.717) is 5.88 Å². The molecule has 0 radical (unpaired) electrons. The molecular weight excluding hydrogens is 138 g/mol. The lowest BCUT2D eigenvalue weighted by molar-refractivity contribution is 0.397. The van der Waals surface area contributed by atoms with E-state index in [1.54, 1.807) is 13.2 Å². The SMILES string of the molecule is C=Cc1nc(OC)ccc1C.